The molecule has 0 saturated carbocycles. The second-order valence-electron chi connectivity index (χ2n) is 4.63. The molecule has 0 spiro atoms. The van der Waals surface area contributed by atoms with Crippen LogP contribution in [0.5, 0.6) is 0 Å². The fraction of sp³-hybridized carbons (Fsp3) is 0.385. The summed E-state index contributed by atoms with van der Waals surface area (Å²) in [6.45, 7) is 0.925. The lowest BCUT2D eigenvalue weighted by Crippen LogP contribution is -2.43. The van der Waals surface area contributed by atoms with Crippen LogP contribution in [-0.4, -0.2) is 28.7 Å². The van der Waals surface area contributed by atoms with Crippen molar-refractivity contribution in [1.29, 1.82) is 0 Å². The van der Waals surface area contributed by atoms with Gasteiger partial charge in [-0.25, -0.2) is 0 Å². The maximum atomic E-state index is 12.1. The van der Waals surface area contributed by atoms with Crippen LogP contribution < -0.4 is 10.6 Å². The van der Waals surface area contributed by atoms with E-state index >= 15 is 0 Å². The molecule has 0 radical (unpaired) electrons. The number of nitrogens with zero attached hydrogens (tertiary/aromatic N) is 1. The third kappa shape index (κ3) is 2.09. The Morgan fingerprint density at radius 2 is 2.33 bits per heavy atom. The van der Waals surface area contributed by atoms with Gasteiger partial charge < -0.3 is 10.6 Å². The number of piperidine rings is 1. The minimum Gasteiger partial charge on any atom is -0.324 e. The summed E-state index contributed by atoms with van der Waals surface area (Å²) < 4.78 is 0. The summed E-state index contributed by atoms with van der Waals surface area (Å²) in [6.07, 6.45) is 4.91. The number of amides is 1. The topological polar surface area (TPSA) is 69.8 Å². The van der Waals surface area contributed by atoms with Gasteiger partial charge in [-0.2, -0.15) is 5.10 Å². The van der Waals surface area contributed by atoms with E-state index in [2.05, 4.69) is 20.8 Å². The van der Waals surface area contributed by atoms with E-state index < -0.39 is 0 Å². The van der Waals surface area contributed by atoms with Crippen LogP contribution in [-0.2, 0) is 4.79 Å². The van der Waals surface area contributed by atoms with Crippen LogP contribution in [0.25, 0.3) is 10.9 Å². The number of H-pyrrole nitrogens is 1. The Morgan fingerprint density at radius 1 is 1.39 bits per heavy atom. The van der Waals surface area contributed by atoms with Gasteiger partial charge in [-0.15, -0.1) is 0 Å². The fourth-order valence-electron chi connectivity index (χ4n) is 2.37. The Balaban J connectivity index is 1.79. The molecule has 1 unspecified atom stereocenters. The quantitative estimate of drug-likeness (QED) is 0.752. The summed E-state index contributed by atoms with van der Waals surface area (Å²) in [7, 11) is 0. The number of nitrogens with one attached hydrogen (secondary N) is 3. The number of rotatable bonds is 2. The van der Waals surface area contributed by atoms with E-state index in [-0.39, 0.29) is 11.9 Å². The molecule has 5 nitrogen and oxygen atoms in total. The lowest BCUT2D eigenvalue weighted by molar-refractivity contribution is -0.118. The Morgan fingerprint density at radius 3 is 3.17 bits per heavy atom. The molecule has 2 aromatic rings. The first kappa shape index (κ1) is 11.2. The summed E-state index contributed by atoms with van der Waals surface area (Å²) in [5.41, 5.74) is 1.75. The number of fused-ring (bicyclic) bond motifs is 1. The van der Waals surface area contributed by atoms with Gasteiger partial charge in [0.1, 0.15) is 0 Å². The van der Waals surface area contributed by atoms with E-state index in [9.17, 15) is 4.79 Å². The molecule has 94 valence electrons. The molecule has 1 aliphatic heterocycles. The van der Waals surface area contributed by atoms with Gasteiger partial charge in [0.25, 0.3) is 0 Å². The minimum absolute atomic E-state index is 0.0448. The highest BCUT2D eigenvalue weighted by atomic mass is 16.2. The number of aromatic nitrogens is 2. The van der Waals surface area contributed by atoms with Crippen molar-refractivity contribution in [1.82, 2.24) is 15.5 Å². The zero-order valence-corrected chi connectivity index (χ0v) is 10.1. The molecule has 1 aromatic heterocycles. The van der Waals surface area contributed by atoms with E-state index in [1.165, 1.54) is 0 Å². The van der Waals surface area contributed by atoms with Crippen LogP contribution >= 0.6 is 0 Å². The summed E-state index contributed by atoms with van der Waals surface area (Å²) in [5.74, 6) is 0.0448. The van der Waals surface area contributed by atoms with Gasteiger partial charge in [0, 0.05) is 5.39 Å². The predicted octanol–water partition coefficient (Wildman–Crippen LogP) is 1.64. The summed E-state index contributed by atoms with van der Waals surface area (Å²) in [4.78, 5) is 12.1. The molecule has 2 heterocycles. The van der Waals surface area contributed by atoms with Gasteiger partial charge in [-0.3, -0.25) is 9.89 Å². The van der Waals surface area contributed by atoms with Crippen LogP contribution in [0.2, 0.25) is 0 Å². The highest BCUT2D eigenvalue weighted by molar-refractivity contribution is 6.02. The van der Waals surface area contributed by atoms with Crippen LogP contribution in [0, 0.1) is 0 Å². The highest BCUT2D eigenvalue weighted by Gasteiger charge is 2.20. The Bertz CT molecular complexity index is 557. The molecular weight excluding hydrogens is 228 g/mol. The molecule has 1 fully saturated rings. The van der Waals surface area contributed by atoms with Crippen molar-refractivity contribution >= 4 is 22.5 Å². The molecule has 1 saturated heterocycles. The number of carbonyl (C=O) groups is 1. The van der Waals surface area contributed by atoms with Gasteiger partial charge in [0.15, 0.2) is 0 Å². The van der Waals surface area contributed by atoms with Crippen LogP contribution in [0.1, 0.15) is 19.3 Å². The average molecular weight is 244 g/mol. The van der Waals surface area contributed by atoms with Crippen molar-refractivity contribution in [3.8, 4) is 0 Å². The third-order valence-corrected chi connectivity index (χ3v) is 3.37. The number of hydrogen-bond donors (Lipinski definition) is 3. The summed E-state index contributed by atoms with van der Waals surface area (Å²) >= 11 is 0. The molecule has 0 aliphatic carbocycles. The SMILES string of the molecule is O=C(Nc1cccc2[nH]ncc12)C1CCCCN1. The highest BCUT2D eigenvalue weighted by Crippen LogP contribution is 2.21. The summed E-state index contributed by atoms with van der Waals surface area (Å²) in [6, 6.07) is 5.68. The van der Waals surface area contributed by atoms with E-state index in [4.69, 9.17) is 0 Å². The third-order valence-electron chi connectivity index (χ3n) is 3.37. The zero-order chi connectivity index (χ0) is 12.4. The first-order chi connectivity index (χ1) is 8.84. The van der Waals surface area contributed by atoms with Crippen molar-refractivity contribution < 1.29 is 4.79 Å². The Labute approximate surface area is 105 Å². The van der Waals surface area contributed by atoms with Crippen molar-refractivity contribution in [2.75, 3.05) is 11.9 Å². The fourth-order valence-corrected chi connectivity index (χ4v) is 2.37. The predicted molar refractivity (Wildman–Crippen MR) is 70.4 cm³/mol. The lowest BCUT2D eigenvalue weighted by Gasteiger charge is -2.22. The Kier molecular flexibility index (Phi) is 2.98. The van der Waals surface area contributed by atoms with Crippen LogP contribution in [0.15, 0.2) is 24.4 Å². The molecule has 18 heavy (non-hydrogen) atoms. The Hall–Kier alpha value is -1.88. The van der Waals surface area contributed by atoms with E-state index in [0.29, 0.717) is 0 Å². The van der Waals surface area contributed by atoms with Gasteiger partial charge >= 0.3 is 0 Å². The molecule has 1 amide bonds. The van der Waals surface area contributed by atoms with Gasteiger partial charge in [-0.05, 0) is 31.5 Å². The monoisotopic (exact) mass is 244 g/mol. The van der Waals surface area contributed by atoms with Gasteiger partial charge in [0.2, 0.25) is 5.91 Å². The molecular formula is C13H16N4O. The largest absolute Gasteiger partial charge is 0.324 e. The first-order valence-electron chi connectivity index (χ1n) is 6.31. The van der Waals surface area contributed by atoms with Crippen molar-refractivity contribution in [2.45, 2.75) is 25.3 Å². The smallest absolute Gasteiger partial charge is 0.241 e. The molecule has 5 heteroatoms. The molecule has 1 aromatic carbocycles. The number of hydrogen-bond acceptors (Lipinski definition) is 3. The van der Waals surface area contributed by atoms with Crippen LogP contribution in [0.4, 0.5) is 5.69 Å². The first-order valence-corrected chi connectivity index (χ1v) is 6.31. The standard InChI is InChI=1S/C13H16N4O/c18-13(12-4-1-2-7-14-12)16-10-5-3-6-11-9(10)8-15-17-11/h3,5-6,8,12,14H,1-2,4,7H2,(H,15,17)(H,16,18). The van der Waals surface area contributed by atoms with Crippen LogP contribution in [0.3, 0.4) is 0 Å². The number of carbonyl (C=O) groups excluding carboxylic acids is 1. The van der Waals surface area contributed by atoms with Gasteiger partial charge in [0.05, 0.1) is 23.4 Å². The number of benzene rings is 1. The number of anilines is 1. The van der Waals surface area contributed by atoms with Crippen molar-refractivity contribution in [3.63, 3.8) is 0 Å². The number of aromatic amines is 1. The molecule has 3 rings (SSSR count). The van der Waals surface area contributed by atoms with E-state index in [1.807, 2.05) is 18.2 Å². The average Bonchev–Trinajstić information content (AvgIpc) is 2.89. The molecule has 3 N–H and O–H groups in total. The van der Waals surface area contributed by atoms with E-state index in [0.717, 1.165) is 42.4 Å². The molecule has 1 aliphatic rings. The normalized spacial score (nSPS) is 19.9. The zero-order valence-electron chi connectivity index (χ0n) is 10.1. The maximum Gasteiger partial charge on any atom is 0.241 e. The minimum atomic E-state index is -0.0686. The van der Waals surface area contributed by atoms with Gasteiger partial charge in [-0.1, -0.05) is 12.5 Å². The van der Waals surface area contributed by atoms with Crippen molar-refractivity contribution in [3.05, 3.63) is 24.4 Å². The van der Waals surface area contributed by atoms with Crippen molar-refractivity contribution in [2.24, 2.45) is 0 Å². The maximum absolute atomic E-state index is 12.1. The molecule has 0 bridgehead atoms. The molecule has 1 atom stereocenters. The van der Waals surface area contributed by atoms with E-state index in [1.54, 1.807) is 6.20 Å². The lowest BCUT2D eigenvalue weighted by atomic mass is 10.0. The second-order valence-corrected chi connectivity index (χ2v) is 4.63. The summed E-state index contributed by atoms with van der Waals surface area (Å²) in [5, 5.41) is 14.1. The second kappa shape index (κ2) is 4.78.